The minimum atomic E-state index is -3.21. The van der Waals surface area contributed by atoms with Gasteiger partial charge in [0.1, 0.15) is 0 Å². The SMILES string of the molecule is CCS(=O)(=O)N(C1CC1)C1CCOC2(CCN(C(=O)c3cccnc3)CC2)C1. The van der Waals surface area contributed by atoms with Crippen molar-refractivity contribution in [3.8, 4) is 0 Å². The van der Waals surface area contributed by atoms with Gasteiger partial charge in [0, 0.05) is 44.2 Å². The molecule has 0 aromatic carbocycles. The number of rotatable bonds is 5. The Morgan fingerprint density at radius 3 is 2.64 bits per heavy atom. The molecule has 1 aromatic heterocycles. The van der Waals surface area contributed by atoms with Gasteiger partial charge in [-0.2, -0.15) is 4.31 Å². The van der Waals surface area contributed by atoms with Crippen LogP contribution in [0.2, 0.25) is 0 Å². The molecule has 1 aliphatic carbocycles. The Bertz CT molecular complexity index is 802. The lowest BCUT2D eigenvalue weighted by molar-refractivity contribution is -0.123. The number of carbonyl (C=O) groups is 1. The largest absolute Gasteiger partial charge is 0.375 e. The third kappa shape index (κ3) is 3.95. The van der Waals surface area contributed by atoms with Crippen LogP contribution >= 0.6 is 0 Å². The second-order valence-electron chi connectivity index (χ2n) is 8.17. The molecule has 3 fully saturated rings. The average molecular weight is 408 g/mol. The van der Waals surface area contributed by atoms with Crippen molar-refractivity contribution in [3.05, 3.63) is 30.1 Å². The van der Waals surface area contributed by atoms with Crippen molar-refractivity contribution in [2.45, 2.75) is 63.1 Å². The number of aromatic nitrogens is 1. The minimum Gasteiger partial charge on any atom is -0.375 e. The van der Waals surface area contributed by atoms with Crippen molar-refractivity contribution >= 4 is 15.9 Å². The number of ether oxygens (including phenoxy) is 1. The summed E-state index contributed by atoms with van der Waals surface area (Å²) in [5, 5.41) is 0. The fourth-order valence-electron chi connectivity index (χ4n) is 4.59. The first kappa shape index (κ1) is 19.8. The van der Waals surface area contributed by atoms with E-state index in [2.05, 4.69) is 4.98 Å². The van der Waals surface area contributed by atoms with E-state index >= 15 is 0 Å². The van der Waals surface area contributed by atoms with Gasteiger partial charge < -0.3 is 9.64 Å². The smallest absolute Gasteiger partial charge is 0.255 e. The molecule has 3 heterocycles. The van der Waals surface area contributed by atoms with E-state index in [1.165, 1.54) is 0 Å². The monoisotopic (exact) mass is 407 g/mol. The van der Waals surface area contributed by atoms with Gasteiger partial charge >= 0.3 is 0 Å². The molecule has 0 radical (unpaired) electrons. The van der Waals surface area contributed by atoms with Crippen molar-refractivity contribution < 1.29 is 17.9 Å². The predicted octanol–water partition coefficient (Wildman–Crippen LogP) is 2.05. The van der Waals surface area contributed by atoms with Crippen LogP contribution in [0.1, 0.15) is 55.8 Å². The maximum absolute atomic E-state index is 12.7. The number of piperidine rings is 1. The number of hydrogen-bond acceptors (Lipinski definition) is 5. The zero-order valence-corrected chi connectivity index (χ0v) is 17.2. The first-order valence-electron chi connectivity index (χ1n) is 10.3. The molecule has 8 heteroatoms. The van der Waals surface area contributed by atoms with E-state index in [1.807, 2.05) is 4.90 Å². The molecule has 1 atom stereocenters. The number of amides is 1. The molecule has 2 aliphatic heterocycles. The zero-order valence-electron chi connectivity index (χ0n) is 16.4. The van der Waals surface area contributed by atoms with E-state index in [4.69, 9.17) is 4.74 Å². The number of nitrogens with zero attached hydrogens (tertiary/aromatic N) is 3. The fourth-order valence-corrected chi connectivity index (χ4v) is 6.18. The summed E-state index contributed by atoms with van der Waals surface area (Å²) in [7, 11) is -3.21. The van der Waals surface area contributed by atoms with Crippen molar-refractivity contribution in [2.24, 2.45) is 0 Å². The van der Waals surface area contributed by atoms with Gasteiger partial charge in [-0.05, 0) is 57.6 Å². The number of likely N-dealkylation sites (tertiary alicyclic amines) is 1. The lowest BCUT2D eigenvalue weighted by atomic mass is 9.82. The van der Waals surface area contributed by atoms with Gasteiger partial charge in [-0.1, -0.05) is 0 Å². The van der Waals surface area contributed by atoms with Gasteiger partial charge in [-0.15, -0.1) is 0 Å². The highest BCUT2D eigenvalue weighted by Crippen LogP contribution is 2.41. The fraction of sp³-hybridized carbons (Fsp3) is 0.700. The molecular weight excluding hydrogens is 378 g/mol. The summed E-state index contributed by atoms with van der Waals surface area (Å²) in [5.74, 6) is 0.157. The molecule has 7 nitrogen and oxygen atoms in total. The van der Waals surface area contributed by atoms with Crippen LogP contribution in [-0.4, -0.2) is 71.6 Å². The summed E-state index contributed by atoms with van der Waals surface area (Å²) in [4.78, 5) is 18.6. The quantitative estimate of drug-likeness (QED) is 0.746. The zero-order chi connectivity index (χ0) is 19.8. The van der Waals surface area contributed by atoms with E-state index in [0.29, 0.717) is 25.3 Å². The van der Waals surface area contributed by atoms with Gasteiger partial charge in [0.2, 0.25) is 10.0 Å². The van der Waals surface area contributed by atoms with Gasteiger partial charge in [0.25, 0.3) is 5.91 Å². The predicted molar refractivity (Wildman–Crippen MR) is 105 cm³/mol. The van der Waals surface area contributed by atoms with Crippen LogP contribution in [0.4, 0.5) is 0 Å². The Morgan fingerprint density at radius 1 is 1.29 bits per heavy atom. The molecule has 2 saturated heterocycles. The topological polar surface area (TPSA) is 79.8 Å². The van der Waals surface area contributed by atoms with Gasteiger partial charge in [-0.3, -0.25) is 9.78 Å². The lowest BCUT2D eigenvalue weighted by Gasteiger charge is -2.48. The molecule has 4 rings (SSSR count). The van der Waals surface area contributed by atoms with E-state index < -0.39 is 10.0 Å². The summed E-state index contributed by atoms with van der Waals surface area (Å²) >= 11 is 0. The highest BCUT2D eigenvalue weighted by molar-refractivity contribution is 7.89. The van der Waals surface area contributed by atoms with Gasteiger partial charge in [-0.25, -0.2) is 8.42 Å². The maximum Gasteiger partial charge on any atom is 0.255 e. The lowest BCUT2D eigenvalue weighted by Crippen LogP contribution is -2.56. The van der Waals surface area contributed by atoms with Crippen LogP contribution in [-0.2, 0) is 14.8 Å². The van der Waals surface area contributed by atoms with E-state index in [9.17, 15) is 13.2 Å². The first-order chi connectivity index (χ1) is 13.4. The minimum absolute atomic E-state index is 0.00322. The normalized spacial score (nSPS) is 25.2. The van der Waals surface area contributed by atoms with E-state index in [-0.39, 0.29) is 29.3 Å². The van der Waals surface area contributed by atoms with Gasteiger partial charge in [0.05, 0.1) is 16.9 Å². The van der Waals surface area contributed by atoms with Crippen LogP contribution < -0.4 is 0 Å². The highest BCUT2D eigenvalue weighted by Gasteiger charge is 2.48. The number of pyridine rings is 1. The van der Waals surface area contributed by atoms with Crippen LogP contribution in [0.5, 0.6) is 0 Å². The van der Waals surface area contributed by atoms with Crippen molar-refractivity contribution in [2.75, 3.05) is 25.4 Å². The maximum atomic E-state index is 12.7. The molecule has 3 aliphatic rings. The third-order valence-electron chi connectivity index (χ3n) is 6.29. The van der Waals surface area contributed by atoms with Crippen molar-refractivity contribution in [1.82, 2.24) is 14.2 Å². The number of sulfonamides is 1. The van der Waals surface area contributed by atoms with Crippen molar-refractivity contribution in [3.63, 3.8) is 0 Å². The Labute approximate surface area is 167 Å². The Balaban J connectivity index is 1.43. The Hall–Kier alpha value is -1.51. The molecule has 0 bridgehead atoms. The number of carbonyl (C=O) groups excluding carboxylic acids is 1. The third-order valence-corrected chi connectivity index (χ3v) is 8.26. The van der Waals surface area contributed by atoms with Crippen LogP contribution in [0, 0.1) is 0 Å². The second kappa shape index (κ2) is 7.72. The van der Waals surface area contributed by atoms with E-state index in [0.717, 1.165) is 38.5 Å². The summed E-state index contributed by atoms with van der Waals surface area (Å²) in [6, 6.07) is 3.76. The van der Waals surface area contributed by atoms with Crippen molar-refractivity contribution in [1.29, 1.82) is 0 Å². The molecule has 28 heavy (non-hydrogen) atoms. The Kier molecular flexibility index (Phi) is 5.46. The number of hydrogen-bond donors (Lipinski definition) is 0. The Morgan fingerprint density at radius 2 is 2.04 bits per heavy atom. The summed E-state index contributed by atoms with van der Waals surface area (Å²) in [6.45, 7) is 3.57. The standard InChI is InChI=1S/C20H29N3O4S/c1-2-28(25,26)23(17-5-6-17)18-7-13-27-20(14-18)8-11-22(12-9-20)19(24)16-4-3-10-21-15-16/h3-4,10,15,17-18H,2,5-9,11-14H2,1H3. The summed E-state index contributed by atoms with van der Waals surface area (Å²) < 4.78 is 33.3. The van der Waals surface area contributed by atoms with E-state index in [1.54, 1.807) is 35.8 Å². The molecule has 1 spiro atoms. The van der Waals surface area contributed by atoms with Crippen LogP contribution in [0.15, 0.2) is 24.5 Å². The highest BCUT2D eigenvalue weighted by atomic mass is 32.2. The summed E-state index contributed by atoms with van der Waals surface area (Å²) in [5.41, 5.74) is 0.292. The molecule has 1 aromatic rings. The molecular formula is C20H29N3O4S. The second-order valence-corrected chi connectivity index (χ2v) is 10.3. The summed E-state index contributed by atoms with van der Waals surface area (Å²) in [6.07, 6.45) is 8.19. The molecule has 154 valence electrons. The molecule has 1 saturated carbocycles. The first-order valence-corrected chi connectivity index (χ1v) is 11.9. The van der Waals surface area contributed by atoms with Crippen LogP contribution in [0.3, 0.4) is 0 Å². The molecule has 1 unspecified atom stereocenters. The van der Waals surface area contributed by atoms with Crippen LogP contribution in [0.25, 0.3) is 0 Å². The average Bonchev–Trinajstić information content (AvgIpc) is 3.54. The molecule has 0 N–H and O–H groups in total. The van der Waals surface area contributed by atoms with Gasteiger partial charge in [0.15, 0.2) is 0 Å². The molecule has 1 amide bonds.